The third-order valence-corrected chi connectivity index (χ3v) is 5.65. The minimum Gasteiger partial charge on any atom is -0.241 e. The molecule has 0 aliphatic rings. The van der Waals surface area contributed by atoms with E-state index in [1.807, 2.05) is 18.2 Å². The van der Waals surface area contributed by atoms with Crippen molar-refractivity contribution >= 4 is 22.9 Å². The first kappa shape index (κ1) is 18.9. The topological polar surface area (TPSA) is 12.9 Å². The van der Waals surface area contributed by atoms with E-state index in [-0.39, 0.29) is 0 Å². The average molecular weight is 396 g/mol. The second-order valence-electron chi connectivity index (χ2n) is 5.94. The summed E-state index contributed by atoms with van der Waals surface area (Å²) in [7, 11) is 0. The van der Waals surface area contributed by atoms with E-state index in [0.717, 1.165) is 42.0 Å². The summed E-state index contributed by atoms with van der Waals surface area (Å²) in [6.45, 7) is 0. The first-order valence-corrected chi connectivity index (χ1v) is 9.58. The highest BCUT2D eigenvalue weighted by atomic mass is 35.5. The molecule has 136 valence electrons. The van der Waals surface area contributed by atoms with Crippen LogP contribution in [0.3, 0.4) is 0 Å². The summed E-state index contributed by atoms with van der Waals surface area (Å²) in [5, 5.41) is 0.712. The molecule has 0 spiro atoms. The molecule has 1 heterocycles. The summed E-state index contributed by atoms with van der Waals surface area (Å²) in [5.74, 6) is 0.360. The quantitative estimate of drug-likeness (QED) is 0.421. The minimum absolute atomic E-state index is 0.360. The SMILES string of the molecule is FC(F)(F)c1ccc(-c2nc(CCCc3ccccc3)c(CCl)s2)cc1. The lowest BCUT2D eigenvalue weighted by atomic mass is 10.1. The Morgan fingerprint density at radius 2 is 1.62 bits per heavy atom. The molecule has 0 saturated heterocycles. The van der Waals surface area contributed by atoms with E-state index in [4.69, 9.17) is 11.6 Å². The van der Waals surface area contributed by atoms with Gasteiger partial charge < -0.3 is 0 Å². The van der Waals surface area contributed by atoms with Gasteiger partial charge in [-0.05, 0) is 37.0 Å². The minimum atomic E-state index is -4.33. The van der Waals surface area contributed by atoms with Gasteiger partial charge in [0, 0.05) is 10.4 Å². The van der Waals surface area contributed by atoms with Crippen molar-refractivity contribution in [2.75, 3.05) is 0 Å². The van der Waals surface area contributed by atoms with E-state index >= 15 is 0 Å². The van der Waals surface area contributed by atoms with E-state index in [1.165, 1.54) is 29.0 Å². The van der Waals surface area contributed by atoms with Crippen molar-refractivity contribution < 1.29 is 13.2 Å². The second-order valence-corrected chi connectivity index (χ2v) is 7.29. The van der Waals surface area contributed by atoms with Crippen LogP contribution in [0.25, 0.3) is 10.6 Å². The fourth-order valence-electron chi connectivity index (χ4n) is 2.71. The fourth-order valence-corrected chi connectivity index (χ4v) is 3.99. The summed E-state index contributed by atoms with van der Waals surface area (Å²) >= 11 is 7.48. The molecule has 0 aliphatic heterocycles. The number of thiazole rings is 1. The summed E-state index contributed by atoms with van der Waals surface area (Å²) in [6.07, 6.45) is -1.63. The standard InChI is InChI=1S/C20H17ClF3NS/c21-13-18-17(8-4-7-14-5-2-1-3-6-14)25-19(26-18)15-9-11-16(12-10-15)20(22,23)24/h1-3,5-6,9-12H,4,7-8,13H2. The van der Waals surface area contributed by atoms with Crippen molar-refractivity contribution in [3.63, 3.8) is 0 Å². The number of halogens is 4. The predicted molar refractivity (Wildman–Crippen MR) is 101 cm³/mol. The Kier molecular flexibility index (Phi) is 5.99. The van der Waals surface area contributed by atoms with Gasteiger partial charge in [-0.15, -0.1) is 22.9 Å². The Bertz CT molecular complexity index is 842. The van der Waals surface area contributed by atoms with Gasteiger partial charge in [0.25, 0.3) is 0 Å². The summed E-state index contributed by atoms with van der Waals surface area (Å²) < 4.78 is 38.1. The van der Waals surface area contributed by atoms with Gasteiger partial charge in [0.2, 0.25) is 0 Å². The van der Waals surface area contributed by atoms with E-state index in [0.29, 0.717) is 16.5 Å². The largest absolute Gasteiger partial charge is 0.416 e. The van der Waals surface area contributed by atoms with Gasteiger partial charge in [-0.1, -0.05) is 42.5 Å². The molecule has 6 heteroatoms. The Hall–Kier alpha value is -1.85. The van der Waals surface area contributed by atoms with Crippen molar-refractivity contribution in [2.45, 2.75) is 31.3 Å². The van der Waals surface area contributed by atoms with Gasteiger partial charge >= 0.3 is 6.18 Å². The first-order valence-electron chi connectivity index (χ1n) is 8.23. The zero-order valence-electron chi connectivity index (χ0n) is 13.9. The monoisotopic (exact) mass is 395 g/mol. The van der Waals surface area contributed by atoms with Gasteiger partial charge in [0.15, 0.2) is 0 Å². The zero-order valence-corrected chi connectivity index (χ0v) is 15.5. The lowest BCUT2D eigenvalue weighted by Gasteiger charge is -2.06. The number of aromatic nitrogens is 1. The van der Waals surface area contributed by atoms with Crippen LogP contribution in [0.15, 0.2) is 54.6 Å². The van der Waals surface area contributed by atoms with Gasteiger partial charge in [-0.2, -0.15) is 13.2 Å². The number of nitrogens with zero attached hydrogens (tertiary/aromatic N) is 1. The van der Waals surface area contributed by atoms with Crippen LogP contribution in [-0.4, -0.2) is 4.98 Å². The van der Waals surface area contributed by atoms with Gasteiger partial charge in [-0.3, -0.25) is 0 Å². The number of alkyl halides is 4. The van der Waals surface area contributed by atoms with Crippen LogP contribution in [0.5, 0.6) is 0 Å². The van der Waals surface area contributed by atoms with E-state index in [9.17, 15) is 13.2 Å². The Morgan fingerprint density at radius 1 is 0.923 bits per heavy atom. The maximum atomic E-state index is 12.7. The van der Waals surface area contributed by atoms with Crippen LogP contribution in [0.1, 0.15) is 28.1 Å². The third kappa shape index (κ3) is 4.65. The molecule has 1 nitrogen and oxygen atoms in total. The van der Waals surface area contributed by atoms with E-state index < -0.39 is 11.7 Å². The molecule has 26 heavy (non-hydrogen) atoms. The molecule has 0 saturated carbocycles. The maximum Gasteiger partial charge on any atom is 0.416 e. The van der Waals surface area contributed by atoms with Crippen LogP contribution in [0, 0.1) is 0 Å². The Labute approximate surface area is 159 Å². The normalized spacial score (nSPS) is 11.7. The molecule has 0 fully saturated rings. The van der Waals surface area contributed by atoms with Gasteiger partial charge in [0.1, 0.15) is 5.01 Å². The van der Waals surface area contributed by atoms with Crippen LogP contribution >= 0.6 is 22.9 Å². The third-order valence-electron chi connectivity index (χ3n) is 4.08. The van der Waals surface area contributed by atoms with Crippen LogP contribution < -0.4 is 0 Å². The van der Waals surface area contributed by atoms with E-state index in [1.54, 1.807) is 0 Å². The molecule has 3 aromatic rings. The molecule has 1 aromatic heterocycles. The predicted octanol–water partition coefficient (Wildman–Crippen LogP) is 6.74. The van der Waals surface area contributed by atoms with Gasteiger partial charge in [-0.25, -0.2) is 4.98 Å². The molecule has 0 bridgehead atoms. The lowest BCUT2D eigenvalue weighted by Crippen LogP contribution is -2.03. The van der Waals surface area contributed by atoms with Crippen LogP contribution in [0.4, 0.5) is 13.2 Å². The number of rotatable bonds is 6. The molecular formula is C20H17ClF3NS. The summed E-state index contributed by atoms with van der Waals surface area (Å²) in [4.78, 5) is 5.61. The highest BCUT2D eigenvalue weighted by Gasteiger charge is 2.30. The van der Waals surface area contributed by atoms with E-state index in [2.05, 4.69) is 17.1 Å². The van der Waals surface area contributed by atoms with Crippen molar-refractivity contribution in [1.29, 1.82) is 0 Å². The smallest absolute Gasteiger partial charge is 0.241 e. The molecule has 0 amide bonds. The Morgan fingerprint density at radius 3 is 2.23 bits per heavy atom. The summed E-state index contributed by atoms with van der Waals surface area (Å²) in [5.41, 5.74) is 2.25. The molecule has 3 rings (SSSR count). The number of aryl methyl sites for hydroxylation is 2. The van der Waals surface area contributed by atoms with Gasteiger partial charge in [0.05, 0.1) is 17.1 Å². The van der Waals surface area contributed by atoms with Crippen LogP contribution in [0.2, 0.25) is 0 Å². The molecule has 0 unspecified atom stereocenters. The summed E-state index contributed by atoms with van der Waals surface area (Å²) in [6, 6.07) is 15.3. The molecule has 0 radical (unpaired) electrons. The van der Waals surface area contributed by atoms with Crippen molar-refractivity contribution in [1.82, 2.24) is 4.98 Å². The molecule has 0 aliphatic carbocycles. The number of hydrogen-bond acceptors (Lipinski definition) is 2. The van der Waals surface area contributed by atoms with Crippen molar-refractivity contribution in [3.8, 4) is 10.6 Å². The Balaban J connectivity index is 1.72. The van der Waals surface area contributed by atoms with Crippen molar-refractivity contribution in [2.24, 2.45) is 0 Å². The first-order chi connectivity index (χ1) is 12.5. The fraction of sp³-hybridized carbons (Fsp3) is 0.250. The zero-order chi connectivity index (χ0) is 18.6. The number of hydrogen-bond donors (Lipinski definition) is 0. The lowest BCUT2D eigenvalue weighted by molar-refractivity contribution is -0.137. The highest BCUT2D eigenvalue weighted by Crippen LogP contribution is 2.33. The molecular weight excluding hydrogens is 379 g/mol. The van der Waals surface area contributed by atoms with Crippen molar-refractivity contribution in [3.05, 3.63) is 76.3 Å². The van der Waals surface area contributed by atoms with Crippen LogP contribution in [-0.2, 0) is 24.9 Å². The number of benzene rings is 2. The average Bonchev–Trinajstić information content (AvgIpc) is 3.05. The highest BCUT2D eigenvalue weighted by molar-refractivity contribution is 7.15. The molecule has 0 N–H and O–H groups in total. The molecule has 2 aromatic carbocycles. The molecule has 0 atom stereocenters. The maximum absolute atomic E-state index is 12.7. The second kappa shape index (κ2) is 8.23.